The highest BCUT2D eigenvalue weighted by molar-refractivity contribution is 5.80. The number of carbonyl (C=O) groups excluding carboxylic acids is 1. The molecule has 202 valence electrons. The van der Waals surface area contributed by atoms with Crippen LogP contribution in [-0.2, 0) is 43.3 Å². The number of benzene rings is 3. The summed E-state index contributed by atoms with van der Waals surface area (Å²) < 4.78 is 0.550. The summed E-state index contributed by atoms with van der Waals surface area (Å²) in [5.41, 5.74) is 12.0. The van der Waals surface area contributed by atoms with E-state index in [0.717, 1.165) is 51.5 Å². The number of likely N-dealkylation sites (tertiary alicyclic amines) is 1. The van der Waals surface area contributed by atoms with Gasteiger partial charge >= 0.3 is 0 Å². The van der Waals surface area contributed by atoms with Crippen LogP contribution < -0.4 is 4.48 Å². The Morgan fingerprint density at radius 2 is 0.868 bits per heavy atom. The van der Waals surface area contributed by atoms with Crippen LogP contribution in [0.3, 0.4) is 0 Å². The maximum Gasteiger partial charge on any atom is 0.226 e. The van der Waals surface area contributed by atoms with Crippen molar-refractivity contribution in [1.29, 1.82) is 0 Å². The lowest BCUT2D eigenvalue weighted by Crippen LogP contribution is -2.49. The van der Waals surface area contributed by atoms with Crippen molar-refractivity contribution in [3.05, 3.63) is 88.0 Å². The van der Waals surface area contributed by atoms with Gasteiger partial charge in [-0.3, -0.25) is 9.69 Å². The second-order valence-corrected chi connectivity index (χ2v) is 10.9. The number of amides is 1. The predicted molar refractivity (Wildman–Crippen MR) is 163 cm³/mol. The normalized spacial score (nSPS) is 13.9. The number of aryl methyl sites for hydroxylation is 6. The third kappa shape index (κ3) is 5.59. The van der Waals surface area contributed by atoms with E-state index in [0.29, 0.717) is 17.6 Å². The molecular weight excluding hydrogens is 464 g/mol. The van der Waals surface area contributed by atoms with E-state index < -0.39 is 0 Å². The van der Waals surface area contributed by atoms with Gasteiger partial charge in [0.05, 0.1) is 0 Å². The van der Waals surface area contributed by atoms with E-state index >= 15 is 0 Å². The Labute approximate surface area is 231 Å². The van der Waals surface area contributed by atoms with Gasteiger partial charge < -0.3 is 0 Å². The molecule has 1 aliphatic heterocycles. The molecule has 3 aromatic rings. The standard InChI is InChI=1S/C35H47N2O/c1-7-26-16-27(8-2)20-32(19-26)37(25-36-15-13-14-35(36)38,33-21-28(9-3)17-29(10-4)22-33)34-23-30(11-5)18-31(12-6)24-34/h16-24H,7-15,25H2,1-6H3/q+1. The fourth-order valence-electron chi connectivity index (χ4n) is 5.92. The first-order valence-corrected chi connectivity index (χ1v) is 15.0. The summed E-state index contributed by atoms with van der Waals surface area (Å²) in [5, 5.41) is 0. The lowest BCUT2D eigenvalue weighted by molar-refractivity contribution is -0.128. The monoisotopic (exact) mass is 511 g/mol. The zero-order valence-corrected chi connectivity index (χ0v) is 24.6. The predicted octanol–water partition coefficient (Wildman–Crippen LogP) is 8.61. The van der Waals surface area contributed by atoms with Crippen LogP contribution in [0.4, 0.5) is 17.1 Å². The highest BCUT2D eigenvalue weighted by atomic mass is 16.2. The van der Waals surface area contributed by atoms with Crippen LogP contribution in [0, 0.1) is 0 Å². The molecule has 1 amide bonds. The van der Waals surface area contributed by atoms with Gasteiger partial charge in [-0.15, -0.1) is 0 Å². The zero-order chi connectivity index (χ0) is 27.3. The summed E-state index contributed by atoms with van der Waals surface area (Å²) in [6.45, 7) is 14.9. The first-order chi connectivity index (χ1) is 18.4. The molecule has 1 fully saturated rings. The third-order valence-corrected chi connectivity index (χ3v) is 8.44. The number of hydrogen-bond acceptors (Lipinski definition) is 1. The Kier molecular flexibility index (Phi) is 9.10. The Balaban J connectivity index is 2.15. The molecule has 1 saturated heterocycles. The molecule has 0 bridgehead atoms. The molecule has 0 unspecified atom stereocenters. The zero-order valence-electron chi connectivity index (χ0n) is 24.6. The molecular formula is C35H47N2O+. The number of hydrogen-bond donors (Lipinski definition) is 0. The molecule has 1 aliphatic rings. The first kappa shape index (κ1) is 28.1. The van der Waals surface area contributed by atoms with Gasteiger partial charge in [-0.25, -0.2) is 4.48 Å². The Bertz CT molecular complexity index is 1070. The molecule has 3 heteroatoms. The summed E-state index contributed by atoms with van der Waals surface area (Å²) in [5.74, 6) is 0.277. The van der Waals surface area contributed by atoms with E-state index in [-0.39, 0.29) is 5.91 Å². The quantitative estimate of drug-likeness (QED) is 0.236. The average Bonchev–Trinajstić information content (AvgIpc) is 3.38. The van der Waals surface area contributed by atoms with E-state index in [2.05, 4.69) is 101 Å². The number of carbonyl (C=O) groups is 1. The van der Waals surface area contributed by atoms with E-state index in [9.17, 15) is 4.79 Å². The Morgan fingerprint density at radius 1 is 0.553 bits per heavy atom. The summed E-state index contributed by atoms with van der Waals surface area (Å²) in [6.07, 6.45) is 7.56. The van der Waals surface area contributed by atoms with Crippen molar-refractivity contribution in [2.24, 2.45) is 0 Å². The highest BCUT2D eigenvalue weighted by Gasteiger charge is 2.42. The van der Waals surface area contributed by atoms with Crippen molar-refractivity contribution in [3.63, 3.8) is 0 Å². The fourth-order valence-corrected chi connectivity index (χ4v) is 5.92. The van der Waals surface area contributed by atoms with Gasteiger partial charge in [0.1, 0.15) is 17.1 Å². The third-order valence-electron chi connectivity index (χ3n) is 8.44. The van der Waals surface area contributed by atoms with Crippen LogP contribution in [0.5, 0.6) is 0 Å². The minimum Gasteiger partial charge on any atom is -0.294 e. The van der Waals surface area contributed by atoms with E-state index in [1.807, 2.05) is 0 Å². The lowest BCUT2D eigenvalue weighted by Gasteiger charge is -2.41. The van der Waals surface area contributed by atoms with Gasteiger partial charge in [-0.2, -0.15) is 0 Å². The minimum atomic E-state index is 0.277. The maximum atomic E-state index is 13.2. The summed E-state index contributed by atoms with van der Waals surface area (Å²) in [4.78, 5) is 15.3. The molecule has 4 rings (SSSR count). The molecule has 0 saturated carbocycles. The van der Waals surface area contributed by atoms with Crippen LogP contribution in [0.1, 0.15) is 87.8 Å². The van der Waals surface area contributed by atoms with Gasteiger partial charge in [0.2, 0.25) is 5.91 Å². The molecule has 3 aromatic carbocycles. The molecule has 3 nitrogen and oxygen atoms in total. The van der Waals surface area contributed by atoms with Gasteiger partial charge in [0.25, 0.3) is 0 Å². The Morgan fingerprint density at radius 3 is 1.11 bits per heavy atom. The van der Waals surface area contributed by atoms with E-state index in [1.54, 1.807) is 0 Å². The van der Waals surface area contributed by atoms with Gasteiger partial charge in [0.15, 0.2) is 6.67 Å². The molecule has 0 aromatic heterocycles. The molecule has 1 heterocycles. The second-order valence-electron chi connectivity index (χ2n) is 10.9. The molecule has 38 heavy (non-hydrogen) atoms. The molecule has 0 radical (unpaired) electrons. The lowest BCUT2D eigenvalue weighted by atomic mass is 9.97. The highest BCUT2D eigenvalue weighted by Crippen LogP contribution is 2.47. The van der Waals surface area contributed by atoms with E-state index in [4.69, 9.17) is 0 Å². The number of nitrogens with zero attached hydrogens (tertiary/aromatic N) is 2. The summed E-state index contributed by atoms with van der Waals surface area (Å²) in [6, 6.07) is 21.5. The maximum absolute atomic E-state index is 13.2. The van der Waals surface area contributed by atoms with Crippen LogP contribution >= 0.6 is 0 Å². The van der Waals surface area contributed by atoms with Crippen molar-refractivity contribution in [2.75, 3.05) is 13.2 Å². The van der Waals surface area contributed by atoms with Crippen LogP contribution in [0.2, 0.25) is 0 Å². The van der Waals surface area contributed by atoms with Crippen LogP contribution in [0.15, 0.2) is 54.6 Å². The first-order valence-electron chi connectivity index (χ1n) is 15.0. The van der Waals surface area contributed by atoms with E-state index in [1.165, 1.54) is 50.4 Å². The minimum absolute atomic E-state index is 0.277. The largest absolute Gasteiger partial charge is 0.294 e. The van der Waals surface area contributed by atoms with Gasteiger partial charge in [-0.05, 0) is 78.3 Å². The van der Waals surface area contributed by atoms with Crippen LogP contribution in [-0.4, -0.2) is 24.0 Å². The smallest absolute Gasteiger partial charge is 0.226 e. The van der Waals surface area contributed by atoms with Crippen molar-refractivity contribution in [3.8, 4) is 0 Å². The molecule has 0 spiro atoms. The molecule has 0 N–H and O–H groups in total. The van der Waals surface area contributed by atoms with Crippen molar-refractivity contribution in [2.45, 2.75) is 92.9 Å². The summed E-state index contributed by atoms with van der Waals surface area (Å²) in [7, 11) is 0. The molecule has 0 atom stereocenters. The van der Waals surface area contributed by atoms with Crippen LogP contribution in [0.25, 0.3) is 0 Å². The average molecular weight is 512 g/mol. The summed E-state index contributed by atoms with van der Waals surface area (Å²) >= 11 is 0. The van der Waals surface area contributed by atoms with Crippen molar-refractivity contribution < 1.29 is 4.79 Å². The van der Waals surface area contributed by atoms with Crippen molar-refractivity contribution >= 4 is 23.0 Å². The van der Waals surface area contributed by atoms with Gasteiger partial charge in [0, 0.05) is 49.4 Å². The Hall–Kier alpha value is -2.91. The number of quaternary nitrogens is 1. The molecule has 0 aliphatic carbocycles. The fraction of sp³-hybridized carbons (Fsp3) is 0.457. The topological polar surface area (TPSA) is 20.3 Å². The second kappa shape index (κ2) is 12.3. The number of rotatable bonds is 11. The van der Waals surface area contributed by atoms with Gasteiger partial charge in [-0.1, -0.05) is 59.7 Å². The van der Waals surface area contributed by atoms with Crippen molar-refractivity contribution in [1.82, 2.24) is 9.38 Å². The SMILES string of the molecule is CCc1cc(CC)cc([N+](CN2CCCC2=O)(c2cc(CC)cc(CC)c2)c2cc(CC)cc(CC)c2)c1.